The number of para-hydroxylation sites is 2. The van der Waals surface area contributed by atoms with Crippen molar-refractivity contribution in [1.29, 1.82) is 0 Å². The van der Waals surface area contributed by atoms with E-state index in [0.717, 1.165) is 17.7 Å². The van der Waals surface area contributed by atoms with Gasteiger partial charge < -0.3 is 20.1 Å². The molecule has 0 aromatic heterocycles. The molecule has 0 bridgehead atoms. The Kier molecular flexibility index (Phi) is 8.09. The molecule has 1 amide bonds. The number of nitrogens with one attached hydrogen (secondary N) is 2. The molecule has 28 heavy (non-hydrogen) atoms. The Bertz CT molecular complexity index is 816. The highest BCUT2D eigenvalue weighted by Crippen LogP contribution is 2.24. The van der Waals surface area contributed by atoms with Gasteiger partial charge in [0.25, 0.3) is 0 Å². The first-order chi connectivity index (χ1) is 13.5. The number of amides is 1. The molecule has 0 heterocycles. The van der Waals surface area contributed by atoms with E-state index >= 15 is 0 Å². The standard InChI is InChI=1S/C22H26N2O4/c1-4-13-27-22(26)17-9-11-18(12-10-17)23-14-21(25)24-19-7-5-6-8-20(19)28-15-16(2)3/h5-12,23H,2,4,13-15H2,1,3H3,(H,24,25). The van der Waals surface area contributed by atoms with E-state index in [4.69, 9.17) is 9.47 Å². The molecule has 148 valence electrons. The Hall–Kier alpha value is -3.28. The summed E-state index contributed by atoms with van der Waals surface area (Å²) in [5.74, 6) is 0.0316. The average Bonchev–Trinajstić information content (AvgIpc) is 2.70. The van der Waals surface area contributed by atoms with E-state index in [9.17, 15) is 9.59 Å². The molecule has 0 unspecified atom stereocenters. The van der Waals surface area contributed by atoms with Crippen LogP contribution in [0.5, 0.6) is 5.75 Å². The van der Waals surface area contributed by atoms with Gasteiger partial charge in [-0.25, -0.2) is 4.79 Å². The van der Waals surface area contributed by atoms with E-state index in [0.29, 0.717) is 30.2 Å². The van der Waals surface area contributed by atoms with Crippen LogP contribution in [0.3, 0.4) is 0 Å². The van der Waals surface area contributed by atoms with Crippen LogP contribution in [0.1, 0.15) is 30.6 Å². The van der Waals surface area contributed by atoms with Gasteiger partial charge in [0.2, 0.25) is 5.91 Å². The Balaban J connectivity index is 1.87. The van der Waals surface area contributed by atoms with Crippen LogP contribution in [-0.4, -0.2) is 31.6 Å². The Labute approximate surface area is 165 Å². The summed E-state index contributed by atoms with van der Waals surface area (Å²) in [6.07, 6.45) is 0.780. The van der Waals surface area contributed by atoms with Gasteiger partial charge in [-0.15, -0.1) is 0 Å². The fourth-order valence-corrected chi connectivity index (χ4v) is 2.28. The number of hydrogen-bond acceptors (Lipinski definition) is 5. The molecular weight excluding hydrogens is 356 g/mol. The van der Waals surface area contributed by atoms with Crippen LogP contribution < -0.4 is 15.4 Å². The molecule has 0 saturated carbocycles. The van der Waals surface area contributed by atoms with Gasteiger partial charge in [-0.05, 0) is 55.3 Å². The molecule has 0 spiro atoms. The molecule has 0 aliphatic carbocycles. The number of carbonyl (C=O) groups excluding carboxylic acids is 2. The third-order valence-corrected chi connectivity index (χ3v) is 3.65. The highest BCUT2D eigenvalue weighted by molar-refractivity contribution is 5.95. The van der Waals surface area contributed by atoms with Crippen molar-refractivity contribution in [2.45, 2.75) is 20.3 Å². The maximum atomic E-state index is 12.2. The molecule has 2 aromatic carbocycles. The molecule has 0 aliphatic heterocycles. The van der Waals surface area contributed by atoms with Crippen LogP contribution in [-0.2, 0) is 9.53 Å². The van der Waals surface area contributed by atoms with Crippen molar-refractivity contribution >= 4 is 23.3 Å². The van der Waals surface area contributed by atoms with Gasteiger partial charge in [-0.2, -0.15) is 0 Å². The first-order valence-corrected chi connectivity index (χ1v) is 9.16. The second-order valence-electron chi connectivity index (χ2n) is 6.36. The van der Waals surface area contributed by atoms with Gasteiger partial charge in [0.05, 0.1) is 24.4 Å². The molecule has 0 saturated heterocycles. The van der Waals surface area contributed by atoms with Crippen LogP contribution in [0, 0.1) is 0 Å². The van der Waals surface area contributed by atoms with Crippen molar-refractivity contribution < 1.29 is 19.1 Å². The molecule has 2 rings (SSSR count). The monoisotopic (exact) mass is 382 g/mol. The van der Waals surface area contributed by atoms with Gasteiger partial charge in [-0.3, -0.25) is 4.79 Å². The van der Waals surface area contributed by atoms with E-state index in [1.807, 2.05) is 26.0 Å². The highest BCUT2D eigenvalue weighted by atomic mass is 16.5. The number of ether oxygens (including phenoxy) is 2. The Morgan fingerprint density at radius 3 is 2.46 bits per heavy atom. The summed E-state index contributed by atoms with van der Waals surface area (Å²) in [6, 6.07) is 14.0. The lowest BCUT2D eigenvalue weighted by atomic mass is 10.2. The second kappa shape index (κ2) is 10.8. The van der Waals surface area contributed by atoms with Crippen molar-refractivity contribution in [2.24, 2.45) is 0 Å². The molecule has 0 aliphatic rings. The van der Waals surface area contributed by atoms with Crippen molar-refractivity contribution in [1.82, 2.24) is 0 Å². The molecule has 6 nitrogen and oxygen atoms in total. The minimum absolute atomic E-state index is 0.0778. The van der Waals surface area contributed by atoms with Crippen molar-refractivity contribution in [3.8, 4) is 5.75 Å². The van der Waals surface area contributed by atoms with Crippen LogP contribution >= 0.6 is 0 Å². The largest absolute Gasteiger partial charge is 0.487 e. The normalized spacial score (nSPS) is 10.1. The molecule has 0 atom stereocenters. The van der Waals surface area contributed by atoms with Crippen LogP contribution in [0.25, 0.3) is 0 Å². The zero-order valence-electron chi connectivity index (χ0n) is 16.3. The lowest BCUT2D eigenvalue weighted by Gasteiger charge is -2.13. The number of anilines is 2. The summed E-state index contributed by atoms with van der Waals surface area (Å²) in [4.78, 5) is 24.0. The highest BCUT2D eigenvalue weighted by Gasteiger charge is 2.09. The zero-order chi connectivity index (χ0) is 20.4. The minimum Gasteiger partial charge on any atom is -0.487 e. The van der Waals surface area contributed by atoms with Crippen LogP contribution in [0.4, 0.5) is 11.4 Å². The first kappa shape index (κ1) is 21.0. The number of esters is 1. The van der Waals surface area contributed by atoms with Crippen molar-refractivity contribution in [3.63, 3.8) is 0 Å². The van der Waals surface area contributed by atoms with Gasteiger partial charge in [-0.1, -0.05) is 25.6 Å². The van der Waals surface area contributed by atoms with Crippen LogP contribution in [0.15, 0.2) is 60.7 Å². The average molecular weight is 382 g/mol. The fourth-order valence-electron chi connectivity index (χ4n) is 2.28. The molecule has 6 heteroatoms. The maximum absolute atomic E-state index is 12.2. The topological polar surface area (TPSA) is 76.7 Å². The van der Waals surface area contributed by atoms with Crippen LogP contribution in [0.2, 0.25) is 0 Å². The second-order valence-corrected chi connectivity index (χ2v) is 6.36. The number of benzene rings is 2. The Morgan fingerprint density at radius 1 is 1.07 bits per heavy atom. The Morgan fingerprint density at radius 2 is 1.79 bits per heavy atom. The number of hydrogen-bond donors (Lipinski definition) is 2. The van der Waals surface area contributed by atoms with E-state index in [-0.39, 0.29) is 18.4 Å². The summed E-state index contributed by atoms with van der Waals surface area (Å²) in [5.41, 5.74) is 2.70. The number of carbonyl (C=O) groups is 2. The van der Waals surface area contributed by atoms with E-state index < -0.39 is 0 Å². The van der Waals surface area contributed by atoms with Gasteiger partial charge in [0.1, 0.15) is 12.4 Å². The maximum Gasteiger partial charge on any atom is 0.338 e. The minimum atomic E-state index is -0.350. The summed E-state index contributed by atoms with van der Waals surface area (Å²) in [6.45, 7) is 8.48. The molecular formula is C22H26N2O4. The number of rotatable bonds is 10. The lowest BCUT2D eigenvalue weighted by molar-refractivity contribution is -0.114. The van der Waals surface area contributed by atoms with Crippen molar-refractivity contribution in [3.05, 3.63) is 66.2 Å². The third kappa shape index (κ3) is 6.79. The molecule has 0 radical (unpaired) electrons. The molecule has 2 aromatic rings. The van der Waals surface area contributed by atoms with Gasteiger partial charge >= 0.3 is 5.97 Å². The smallest absolute Gasteiger partial charge is 0.338 e. The third-order valence-electron chi connectivity index (χ3n) is 3.65. The summed E-state index contributed by atoms with van der Waals surface area (Å²) >= 11 is 0. The summed E-state index contributed by atoms with van der Waals surface area (Å²) in [7, 11) is 0. The summed E-state index contributed by atoms with van der Waals surface area (Å²) in [5, 5.41) is 5.85. The predicted octanol–water partition coefficient (Wildman–Crippen LogP) is 4.26. The molecule has 0 fully saturated rings. The van der Waals surface area contributed by atoms with Crippen molar-refractivity contribution in [2.75, 3.05) is 30.4 Å². The first-order valence-electron chi connectivity index (χ1n) is 9.16. The summed E-state index contributed by atoms with van der Waals surface area (Å²) < 4.78 is 10.7. The predicted molar refractivity (Wildman–Crippen MR) is 111 cm³/mol. The zero-order valence-corrected chi connectivity index (χ0v) is 16.3. The van der Waals surface area contributed by atoms with Gasteiger partial charge in [0.15, 0.2) is 0 Å². The van der Waals surface area contributed by atoms with Gasteiger partial charge in [0, 0.05) is 5.69 Å². The van der Waals surface area contributed by atoms with E-state index in [1.165, 1.54) is 0 Å². The van der Waals surface area contributed by atoms with E-state index in [2.05, 4.69) is 17.2 Å². The fraction of sp³-hybridized carbons (Fsp3) is 0.273. The molecule has 2 N–H and O–H groups in total. The lowest BCUT2D eigenvalue weighted by Crippen LogP contribution is -2.22. The van der Waals surface area contributed by atoms with E-state index in [1.54, 1.807) is 36.4 Å². The SMILES string of the molecule is C=C(C)COc1ccccc1NC(=O)CNc1ccc(C(=O)OCCC)cc1. The quantitative estimate of drug-likeness (QED) is 0.474.